The van der Waals surface area contributed by atoms with E-state index in [4.69, 9.17) is 0 Å². The standard InChI is InChI=1S/C16H18N2O2/c1-12-3-6-15(11-13(12)2)17-10-9-14-4-7-16(8-5-14)18(19)20/h3-8,11,17H,9-10H2,1-2H3. The summed E-state index contributed by atoms with van der Waals surface area (Å²) in [6.07, 6.45) is 0.838. The number of hydrogen-bond acceptors (Lipinski definition) is 3. The predicted octanol–water partition coefficient (Wildman–Crippen LogP) is 3.87. The Hall–Kier alpha value is -2.36. The van der Waals surface area contributed by atoms with Crippen LogP contribution in [0.25, 0.3) is 0 Å². The quantitative estimate of drug-likeness (QED) is 0.663. The molecule has 0 bridgehead atoms. The largest absolute Gasteiger partial charge is 0.385 e. The summed E-state index contributed by atoms with van der Waals surface area (Å²) < 4.78 is 0. The molecule has 1 N–H and O–H groups in total. The van der Waals surface area contributed by atoms with E-state index < -0.39 is 0 Å². The van der Waals surface area contributed by atoms with Gasteiger partial charge >= 0.3 is 0 Å². The number of anilines is 1. The fourth-order valence-electron chi connectivity index (χ4n) is 1.99. The van der Waals surface area contributed by atoms with Crippen LogP contribution in [0.1, 0.15) is 16.7 Å². The minimum absolute atomic E-state index is 0.135. The Labute approximate surface area is 118 Å². The van der Waals surface area contributed by atoms with E-state index in [2.05, 4.69) is 37.4 Å². The van der Waals surface area contributed by atoms with Crippen LogP contribution in [0.2, 0.25) is 0 Å². The maximum Gasteiger partial charge on any atom is 0.269 e. The maximum absolute atomic E-state index is 10.6. The molecule has 2 aromatic rings. The zero-order chi connectivity index (χ0) is 14.5. The smallest absolute Gasteiger partial charge is 0.269 e. The molecule has 0 amide bonds. The van der Waals surface area contributed by atoms with E-state index in [9.17, 15) is 10.1 Å². The molecule has 0 heterocycles. The van der Waals surface area contributed by atoms with Gasteiger partial charge in [0, 0.05) is 24.4 Å². The van der Waals surface area contributed by atoms with Gasteiger partial charge in [-0.15, -0.1) is 0 Å². The van der Waals surface area contributed by atoms with Gasteiger partial charge in [-0.3, -0.25) is 10.1 Å². The molecule has 0 aromatic heterocycles. The monoisotopic (exact) mass is 270 g/mol. The summed E-state index contributed by atoms with van der Waals surface area (Å²) in [6, 6.07) is 13.0. The summed E-state index contributed by atoms with van der Waals surface area (Å²) in [5, 5.41) is 13.9. The topological polar surface area (TPSA) is 55.2 Å². The number of aryl methyl sites for hydroxylation is 2. The zero-order valence-electron chi connectivity index (χ0n) is 11.7. The molecule has 104 valence electrons. The number of benzene rings is 2. The van der Waals surface area contributed by atoms with E-state index in [0.29, 0.717) is 0 Å². The first-order valence-electron chi connectivity index (χ1n) is 6.61. The lowest BCUT2D eigenvalue weighted by Gasteiger charge is -2.08. The van der Waals surface area contributed by atoms with Gasteiger partial charge in [0.1, 0.15) is 0 Å². The summed E-state index contributed by atoms with van der Waals surface area (Å²) >= 11 is 0. The SMILES string of the molecule is Cc1ccc(NCCc2ccc([N+](=O)[O-])cc2)cc1C. The van der Waals surface area contributed by atoms with E-state index in [0.717, 1.165) is 24.2 Å². The lowest BCUT2D eigenvalue weighted by molar-refractivity contribution is -0.384. The zero-order valence-corrected chi connectivity index (χ0v) is 11.7. The van der Waals surface area contributed by atoms with E-state index in [1.165, 1.54) is 11.1 Å². The lowest BCUT2D eigenvalue weighted by Crippen LogP contribution is -2.05. The van der Waals surface area contributed by atoms with Crippen molar-refractivity contribution in [3.63, 3.8) is 0 Å². The molecule has 0 atom stereocenters. The third-order valence-electron chi connectivity index (χ3n) is 3.40. The molecular formula is C16H18N2O2. The van der Waals surface area contributed by atoms with E-state index >= 15 is 0 Å². The number of non-ortho nitro benzene ring substituents is 1. The first kappa shape index (κ1) is 14.1. The minimum Gasteiger partial charge on any atom is -0.385 e. The second-order valence-corrected chi connectivity index (χ2v) is 4.90. The molecule has 0 spiro atoms. The Bertz CT molecular complexity index is 606. The van der Waals surface area contributed by atoms with Crippen molar-refractivity contribution in [2.24, 2.45) is 0 Å². The van der Waals surface area contributed by atoms with Crippen molar-refractivity contribution in [2.45, 2.75) is 20.3 Å². The summed E-state index contributed by atoms with van der Waals surface area (Å²) in [5.41, 5.74) is 4.88. The highest BCUT2D eigenvalue weighted by Gasteiger charge is 2.03. The summed E-state index contributed by atoms with van der Waals surface area (Å²) in [5.74, 6) is 0. The molecule has 0 fully saturated rings. The molecule has 4 heteroatoms. The maximum atomic E-state index is 10.6. The Morgan fingerprint density at radius 1 is 1.05 bits per heavy atom. The second kappa shape index (κ2) is 6.19. The van der Waals surface area contributed by atoms with Gasteiger partial charge in [0.25, 0.3) is 5.69 Å². The Morgan fingerprint density at radius 2 is 1.75 bits per heavy atom. The van der Waals surface area contributed by atoms with Crippen molar-refractivity contribution in [1.82, 2.24) is 0 Å². The third-order valence-corrected chi connectivity index (χ3v) is 3.40. The van der Waals surface area contributed by atoms with Crippen LogP contribution in [0.4, 0.5) is 11.4 Å². The minimum atomic E-state index is -0.378. The van der Waals surface area contributed by atoms with Gasteiger partial charge in [0.2, 0.25) is 0 Å². The fourth-order valence-corrected chi connectivity index (χ4v) is 1.99. The van der Waals surface area contributed by atoms with Crippen LogP contribution in [0.3, 0.4) is 0 Å². The van der Waals surface area contributed by atoms with Crippen LogP contribution in [0.15, 0.2) is 42.5 Å². The van der Waals surface area contributed by atoms with Gasteiger partial charge in [-0.2, -0.15) is 0 Å². The second-order valence-electron chi connectivity index (χ2n) is 4.90. The first-order valence-corrected chi connectivity index (χ1v) is 6.61. The molecule has 4 nitrogen and oxygen atoms in total. The van der Waals surface area contributed by atoms with Crippen molar-refractivity contribution >= 4 is 11.4 Å². The third kappa shape index (κ3) is 3.57. The number of hydrogen-bond donors (Lipinski definition) is 1. The first-order chi connectivity index (χ1) is 9.56. The van der Waals surface area contributed by atoms with Crippen LogP contribution in [0.5, 0.6) is 0 Å². The molecular weight excluding hydrogens is 252 g/mol. The average molecular weight is 270 g/mol. The molecule has 2 aromatic carbocycles. The van der Waals surface area contributed by atoms with E-state index in [-0.39, 0.29) is 10.6 Å². The highest BCUT2D eigenvalue weighted by atomic mass is 16.6. The van der Waals surface area contributed by atoms with E-state index in [1.54, 1.807) is 24.3 Å². The molecule has 0 radical (unpaired) electrons. The van der Waals surface area contributed by atoms with Crippen LogP contribution in [0, 0.1) is 24.0 Å². The van der Waals surface area contributed by atoms with Crippen LogP contribution in [-0.2, 0) is 6.42 Å². The molecule has 0 saturated heterocycles. The van der Waals surface area contributed by atoms with Crippen molar-refractivity contribution in [3.05, 3.63) is 69.3 Å². The molecule has 0 unspecified atom stereocenters. The highest BCUT2D eigenvalue weighted by molar-refractivity contribution is 5.48. The summed E-state index contributed by atoms with van der Waals surface area (Å²) in [6.45, 7) is 4.99. The van der Waals surface area contributed by atoms with Gasteiger partial charge in [-0.25, -0.2) is 0 Å². The Kier molecular flexibility index (Phi) is 4.35. The number of nitro groups is 1. The van der Waals surface area contributed by atoms with Crippen molar-refractivity contribution in [1.29, 1.82) is 0 Å². The van der Waals surface area contributed by atoms with Gasteiger partial charge in [0.15, 0.2) is 0 Å². The number of nitrogens with zero attached hydrogens (tertiary/aromatic N) is 1. The highest BCUT2D eigenvalue weighted by Crippen LogP contribution is 2.15. The Morgan fingerprint density at radius 3 is 2.35 bits per heavy atom. The van der Waals surface area contributed by atoms with Crippen molar-refractivity contribution in [2.75, 3.05) is 11.9 Å². The van der Waals surface area contributed by atoms with Crippen molar-refractivity contribution in [3.8, 4) is 0 Å². The van der Waals surface area contributed by atoms with Gasteiger partial charge < -0.3 is 5.32 Å². The molecule has 0 saturated carbocycles. The van der Waals surface area contributed by atoms with Gasteiger partial charge in [-0.05, 0) is 49.1 Å². The van der Waals surface area contributed by atoms with Crippen LogP contribution < -0.4 is 5.32 Å². The number of rotatable bonds is 5. The van der Waals surface area contributed by atoms with Crippen LogP contribution >= 0.6 is 0 Å². The lowest BCUT2D eigenvalue weighted by atomic mass is 10.1. The molecule has 2 rings (SSSR count). The molecule has 0 aliphatic heterocycles. The van der Waals surface area contributed by atoms with Crippen molar-refractivity contribution < 1.29 is 4.92 Å². The molecule has 0 aliphatic rings. The Balaban J connectivity index is 1.89. The van der Waals surface area contributed by atoms with E-state index in [1.807, 2.05) is 0 Å². The van der Waals surface area contributed by atoms with Gasteiger partial charge in [0.05, 0.1) is 4.92 Å². The molecule has 20 heavy (non-hydrogen) atoms. The average Bonchev–Trinajstić information content (AvgIpc) is 2.43. The number of nitro benzene ring substituents is 1. The fraction of sp³-hybridized carbons (Fsp3) is 0.250. The normalized spacial score (nSPS) is 10.3. The summed E-state index contributed by atoms with van der Waals surface area (Å²) in [4.78, 5) is 10.2. The van der Waals surface area contributed by atoms with Gasteiger partial charge in [-0.1, -0.05) is 18.2 Å². The predicted molar refractivity (Wildman–Crippen MR) is 81.2 cm³/mol. The molecule has 0 aliphatic carbocycles. The number of nitrogens with one attached hydrogen (secondary N) is 1. The van der Waals surface area contributed by atoms with Crippen LogP contribution in [-0.4, -0.2) is 11.5 Å². The summed E-state index contributed by atoms with van der Waals surface area (Å²) in [7, 11) is 0.